The van der Waals surface area contributed by atoms with Crippen molar-refractivity contribution in [3.8, 4) is 0 Å². The van der Waals surface area contributed by atoms with Gasteiger partial charge in [0, 0.05) is 36.4 Å². The van der Waals surface area contributed by atoms with Crippen LogP contribution >= 0.6 is 0 Å². The Kier molecular flexibility index (Phi) is 2.59. The second kappa shape index (κ2) is 3.73. The molecule has 1 aliphatic heterocycles. The molecule has 0 saturated carbocycles. The molecular weight excluding hydrogens is 174 g/mol. The molecule has 0 aromatic carbocycles. The van der Waals surface area contributed by atoms with Crippen molar-refractivity contribution < 1.29 is 0 Å². The summed E-state index contributed by atoms with van der Waals surface area (Å²) >= 11 is 0. The van der Waals surface area contributed by atoms with Gasteiger partial charge in [0.05, 0.1) is 0 Å². The first-order valence-electron chi connectivity index (χ1n) is 5.45. The van der Waals surface area contributed by atoms with Gasteiger partial charge in [0.2, 0.25) is 0 Å². The fourth-order valence-corrected chi connectivity index (χ4v) is 2.24. The number of nitrogens with zero attached hydrogens (tertiary/aromatic N) is 2. The predicted octanol–water partition coefficient (Wildman–Crippen LogP) is 1.93. The highest BCUT2D eigenvalue weighted by atomic mass is 15.3. The first-order chi connectivity index (χ1) is 6.68. The minimum atomic E-state index is 0.468. The van der Waals surface area contributed by atoms with Crippen LogP contribution in [0, 0.1) is 0 Å². The Bertz CT molecular complexity index is 303. The van der Waals surface area contributed by atoms with Crippen LogP contribution < -0.4 is 5.32 Å². The molecule has 0 amide bonds. The van der Waals surface area contributed by atoms with Crippen LogP contribution in [0.15, 0.2) is 12.3 Å². The summed E-state index contributed by atoms with van der Waals surface area (Å²) in [5.74, 6) is 0.648. The Hall–Kier alpha value is -0.830. The maximum absolute atomic E-state index is 4.37. The van der Waals surface area contributed by atoms with Crippen LogP contribution in [-0.4, -0.2) is 22.4 Å². The van der Waals surface area contributed by atoms with Crippen LogP contribution in [0.3, 0.4) is 0 Å². The predicted molar refractivity (Wildman–Crippen MR) is 57.4 cm³/mol. The zero-order valence-corrected chi connectivity index (χ0v) is 9.20. The molecule has 3 nitrogen and oxygen atoms in total. The zero-order valence-electron chi connectivity index (χ0n) is 9.20. The second-order valence-corrected chi connectivity index (χ2v) is 4.54. The number of hydrogen-bond acceptors (Lipinski definition) is 2. The maximum Gasteiger partial charge on any atom is 0.0492 e. The maximum atomic E-state index is 4.37. The van der Waals surface area contributed by atoms with Crippen molar-refractivity contribution in [3.05, 3.63) is 18.0 Å². The summed E-state index contributed by atoms with van der Waals surface area (Å²) < 4.78 is 2.14. The van der Waals surface area contributed by atoms with Crippen molar-refractivity contribution in [3.63, 3.8) is 0 Å². The van der Waals surface area contributed by atoms with Gasteiger partial charge in [0.15, 0.2) is 0 Å². The lowest BCUT2D eigenvalue weighted by molar-refractivity contribution is 0.489. The van der Waals surface area contributed by atoms with Crippen LogP contribution in [0.1, 0.15) is 44.8 Å². The summed E-state index contributed by atoms with van der Waals surface area (Å²) in [7, 11) is 0. The van der Waals surface area contributed by atoms with Gasteiger partial charge in [-0.15, -0.1) is 0 Å². The molecule has 1 aliphatic rings. The van der Waals surface area contributed by atoms with Crippen molar-refractivity contribution in [1.29, 1.82) is 0 Å². The molecule has 2 rings (SSSR count). The van der Waals surface area contributed by atoms with Crippen LogP contribution in [0.25, 0.3) is 0 Å². The average molecular weight is 193 g/mol. The number of aromatic nitrogens is 2. The summed E-state index contributed by atoms with van der Waals surface area (Å²) in [5.41, 5.74) is 1.39. The lowest BCUT2D eigenvalue weighted by atomic mass is 10.0. The van der Waals surface area contributed by atoms with E-state index < -0.39 is 0 Å². The molecule has 1 saturated heterocycles. The van der Waals surface area contributed by atoms with Crippen LogP contribution in [0.2, 0.25) is 0 Å². The molecule has 14 heavy (non-hydrogen) atoms. The van der Waals surface area contributed by atoms with E-state index in [1.165, 1.54) is 12.1 Å². The van der Waals surface area contributed by atoms with Gasteiger partial charge < -0.3 is 5.32 Å². The Balaban J connectivity index is 2.19. The number of rotatable bonds is 2. The third kappa shape index (κ3) is 1.69. The Labute approximate surface area is 85.5 Å². The molecule has 2 unspecified atom stereocenters. The van der Waals surface area contributed by atoms with E-state index in [9.17, 15) is 0 Å². The molecule has 1 aromatic heterocycles. The zero-order chi connectivity index (χ0) is 10.1. The van der Waals surface area contributed by atoms with Gasteiger partial charge >= 0.3 is 0 Å². The highest BCUT2D eigenvalue weighted by Crippen LogP contribution is 2.26. The highest BCUT2D eigenvalue weighted by Gasteiger charge is 2.25. The Morgan fingerprint density at radius 2 is 2.36 bits per heavy atom. The SMILES string of the molecule is CC1CC(c2ccnn2C(C)C)CN1. The third-order valence-electron chi connectivity index (χ3n) is 2.96. The van der Waals surface area contributed by atoms with E-state index in [2.05, 4.69) is 41.9 Å². The minimum Gasteiger partial charge on any atom is -0.314 e. The van der Waals surface area contributed by atoms with E-state index in [-0.39, 0.29) is 0 Å². The van der Waals surface area contributed by atoms with Crippen LogP contribution in [0.4, 0.5) is 0 Å². The smallest absolute Gasteiger partial charge is 0.0492 e. The van der Waals surface area contributed by atoms with Gasteiger partial charge in [-0.3, -0.25) is 4.68 Å². The summed E-state index contributed by atoms with van der Waals surface area (Å²) in [6.07, 6.45) is 3.15. The van der Waals surface area contributed by atoms with Crippen molar-refractivity contribution in [2.45, 2.75) is 45.2 Å². The largest absolute Gasteiger partial charge is 0.314 e. The summed E-state index contributed by atoms with van der Waals surface area (Å²) in [6, 6.07) is 3.27. The highest BCUT2D eigenvalue weighted by molar-refractivity contribution is 5.12. The first kappa shape index (κ1) is 9.71. The first-order valence-corrected chi connectivity index (χ1v) is 5.45. The Morgan fingerprint density at radius 3 is 2.93 bits per heavy atom. The summed E-state index contributed by atoms with van der Waals surface area (Å²) in [4.78, 5) is 0. The molecule has 3 heteroatoms. The average Bonchev–Trinajstić information content (AvgIpc) is 2.70. The molecule has 2 heterocycles. The molecule has 1 aromatic rings. The lowest BCUT2D eigenvalue weighted by Gasteiger charge is -2.15. The minimum absolute atomic E-state index is 0.468. The molecule has 0 radical (unpaired) electrons. The fraction of sp³-hybridized carbons (Fsp3) is 0.727. The standard InChI is InChI=1S/C11H19N3/c1-8(2)14-11(4-5-13-14)10-6-9(3)12-7-10/h4-5,8-10,12H,6-7H2,1-3H3. The third-order valence-corrected chi connectivity index (χ3v) is 2.96. The van der Waals surface area contributed by atoms with Gasteiger partial charge in [0.1, 0.15) is 0 Å². The molecular formula is C11H19N3. The van der Waals surface area contributed by atoms with Crippen molar-refractivity contribution in [1.82, 2.24) is 15.1 Å². The molecule has 0 aliphatic carbocycles. The van der Waals surface area contributed by atoms with Crippen LogP contribution in [0.5, 0.6) is 0 Å². The van der Waals surface area contributed by atoms with Crippen molar-refractivity contribution in [2.24, 2.45) is 0 Å². The van der Waals surface area contributed by atoms with E-state index in [4.69, 9.17) is 0 Å². The van der Waals surface area contributed by atoms with Crippen molar-refractivity contribution in [2.75, 3.05) is 6.54 Å². The number of nitrogens with one attached hydrogen (secondary N) is 1. The van der Waals surface area contributed by atoms with Gasteiger partial charge in [-0.1, -0.05) is 0 Å². The molecule has 2 atom stereocenters. The summed E-state index contributed by atoms with van der Waals surface area (Å²) in [6.45, 7) is 7.71. The fourth-order valence-electron chi connectivity index (χ4n) is 2.24. The van der Waals surface area contributed by atoms with E-state index >= 15 is 0 Å². The van der Waals surface area contributed by atoms with Crippen LogP contribution in [-0.2, 0) is 0 Å². The quantitative estimate of drug-likeness (QED) is 0.777. The summed E-state index contributed by atoms with van der Waals surface area (Å²) in [5, 5.41) is 7.86. The topological polar surface area (TPSA) is 29.9 Å². The van der Waals surface area contributed by atoms with Gasteiger partial charge in [-0.05, 0) is 33.3 Å². The Morgan fingerprint density at radius 1 is 1.57 bits per heavy atom. The molecule has 1 fully saturated rings. The molecule has 78 valence electrons. The van der Waals surface area contributed by atoms with E-state index in [1.54, 1.807) is 0 Å². The monoisotopic (exact) mass is 193 g/mol. The molecule has 1 N–H and O–H groups in total. The van der Waals surface area contributed by atoms with Gasteiger partial charge in [0.25, 0.3) is 0 Å². The molecule has 0 spiro atoms. The number of hydrogen-bond donors (Lipinski definition) is 1. The van der Waals surface area contributed by atoms with Gasteiger partial charge in [-0.2, -0.15) is 5.10 Å². The van der Waals surface area contributed by atoms with Gasteiger partial charge in [-0.25, -0.2) is 0 Å². The molecule has 0 bridgehead atoms. The van der Waals surface area contributed by atoms with E-state index in [0.717, 1.165) is 6.54 Å². The van der Waals surface area contributed by atoms with Crippen molar-refractivity contribution >= 4 is 0 Å². The van der Waals surface area contributed by atoms with E-state index in [1.807, 2.05) is 6.20 Å². The van der Waals surface area contributed by atoms with E-state index in [0.29, 0.717) is 18.0 Å². The second-order valence-electron chi connectivity index (χ2n) is 4.54. The lowest BCUT2D eigenvalue weighted by Crippen LogP contribution is -2.17. The normalized spacial score (nSPS) is 27.4.